The molecule has 0 aromatic heterocycles. The van der Waals surface area contributed by atoms with Gasteiger partial charge in [0.15, 0.2) is 0 Å². The van der Waals surface area contributed by atoms with Crippen LogP contribution in [0.1, 0.15) is 32.6 Å². The van der Waals surface area contributed by atoms with Crippen molar-refractivity contribution in [2.24, 2.45) is 0 Å². The number of piperidine rings is 1. The van der Waals surface area contributed by atoms with Crippen LogP contribution in [0.15, 0.2) is 11.8 Å². The van der Waals surface area contributed by atoms with Gasteiger partial charge in [0.2, 0.25) is 0 Å². The van der Waals surface area contributed by atoms with E-state index in [-0.39, 0.29) is 0 Å². The van der Waals surface area contributed by atoms with Crippen molar-refractivity contribution >= 4 is 5.97 Å². The first kappa shape index (κ1) is 10.1. The van der Waals surface area contributed by atoms with E-state index in [0.717, 1.165) is 13.1 Å². The Morgan fingerprint density at radius 1 is 1.38 bits per heavy atom. The smallest absolute Gasteiger partial charge is 0.333 e. The van der Waals surface area contributed by atoms with Crippen LogP contribution in [0.3, 0.4) is 0 Å². The van der Waals surface area contributed by atoms with E-state index < -0.39 is 5.97 Å². The monoisotopic (exact) mass is 183 g/mol. The Kier molecular flexibility index (Phi) is 3.80. The highest BCUT2D eigenvalue weighted by molar-refractivity contribution is 5.86. The summed E-state index contributed by atoms with van der Waals surface area (Å²) in [5, 5.41) is 8.81. The largest absolute Gasteiger partial charge is 0.478 e. The number of carboxylic acid groups (broad SMARTS) is 1. The summed E-state index contributed by atoms with van der Waals surface area (Å²) >= 11 is 0. The fraction of sp³-hybridized carbons (Fsp3) is 0.700. The van der Waals surface area contributed by atoms with Crippen LogP contribution in [0.4, 0.5) is 0 Å². The molecule has 1 rings (SSSR count). The Morgan fingerprint density at radius 3 is 2.46 bits per heavy atom. The summed E-state index contributed by atoms with van der Waals surface area (Å²) < 4.78 is 0. The molecular formula is C10H17NO2. The van der Waals surface area contributed by atoms with E-state index in [1.54, 1.807) is 0 Å². The lowest BCUT2D eigenvalue weighted by Gasteiger charge is -2.25. The lowest BCUT2D eigenvalue weighted by atomic mass is 10.1. The fourth-order valence-corrected chi connectivity index (χ4v) is 1.57. The van der Waals surface area contributed by atoms with Crippen molar-refractivity contribution in [2.45, 2.75) is 32.6 Å². The van der Waals surface area contributed by atoms with Crippen LogP contribution in [0, 0.1) is 0 Å². The molecule has 1 fully saturated rings. The third-order valence-electron chi connectivity index (χ3n) is 2.38. The summed E-state index contributed by atoms with van der Waals surface area (Å²) in [6, 6.07) is 0. The average molecular weight is 183 g/mol. The van der Waals surface area contributed by atoms with Crippen LogP contribution in [0.25, 0.3) is 0 Å². The Labute approximate surface area is 79.0 Å². The summed E-state index contributed by atoms with van der Waals surface area (Å²) in [6.45, 7) is 3.90. The van der Waals surface area contributed by atoms with E-state index in [2.05, 4.69) is 4.90 Å². The zero-order valence-electron chi connectivity index (χ0n) is 8.12. The maximum absolute atomic E-state index is 10.7. The van der Waals surface area contributed by atoms with Gasteiger partial charge >= 0.3 is 5.97 Å². The number of carboxylic acids is 1. The summed E-state index contributed by atoms with van der Waals surface area (Å²) in [5.74, 6) is -0.784. The molecule has 0 atom stereocenters. The Hall–Kier alpha value is -0.990. The molecule has 0 unspecified atom stereocenters. The lowest BCUT2D eigenvalue weighted by Crippen LogP contribution is -2.25. The van der Waals surface area contributed by atoms with Crippen molar-refractivity contribution < 1.29 is 9.90 Å². The standard InChI is InChI=1S/C10H17NO2/c1-2-9(10(12)13)8-11-6-4-3-5-7-11/h8H,2-7H2,1H3,(H,12,13). The Bertz CT molecular complexity index is 205. The molecule has 1 saturated heterocycles. The van der Waals surface area contributed by atoms with Gasteiger partial charge in [-0.3, -0.25) is 0 Å². The molecule has 3 nitrogen and oxygen atoms in total. The van der Waals surface area contributed by atoms with Crippen LogP contribution in [0.2, 0.25) is 0 Å². The second kappa shape index (κ2) is 4.90. The molecule has 3 heteroatoms. The molecule has 0 aliphatic carbocycles. The van der Waals surface area contributed by atoms with Crippen molar-refractivity contribution in [2.75, 3.05) is 13.1 Å². The molecule has 0 aromatic carbocycles. The molecule has 0 spiro atoms. The van der Waals surface area contributed by atoms with E-state index in [0.29, 0.717) is 12.0 Å². The molecule has 74 valence electrons. The fourth-order valence-electron chi connectivity index (χ4n) is 1.57. The molecule has 0 radical (unpaired) electrons. The predicted molar refractivity (Wildman–Crippen MR) is 51.4 cm³/mol. The van der Waals surface area contributed by atoms with E-state index in [1.807, 2.05) is 13.1 Å². The second-order valence-corrected chi connectivity index (χ2v) is 3.41. The van der Waals surface area contributed by atoms with Crippen molar-refractivity contribution in [1.82, 2.24) is 4.90 Å². The van der Waals surface area contributed by atoms with Gasteiger partial charge in [-0.05, 0) is 25.7 Å². The SMILES string of the molecule is CCC(=CN1CCCCC1)C(=O)O. The molecule has 1 aliphatic rings. The molecule has 1 aliphatic heterocycles. The summed E-state index contributed by atoms with van der Waals surface area (Å²) in [6.07, 6.45) is 6.06. The van der Waals surface area contributed by atoms with E-state index in [1.165, 1.54) is 19.3 Å². The number of carbonyl (C=O) groups is 1. The maximum atomic E-state index is 10.7. The predicted octanol–water partition coefficient (Wildman–Crippen LogP) is 1.85. The van der Waals surface area contributed by atoms with E-state index >= 15 is 0 Å². The van der Waals surface area contributed by atoms with Gasteiger partial charge in [0.1, 0.15) is 0 Å². The van der Waals surface area contributed by atoms with Crippen LogP contribution >= 0.6 is 0 Å². The zero-order chi connectivity index (χ0) is 9.68. The van der Waals surface area contributed by atoms with Crippen LogP contribution in [-0.4, -0.2) is 29.1 Å². The zero-order valence-corrected chi connectivity index (χ0v) is 8.12. The first-order valence-electron chi connectivity index (χ1n) is 4.92. The minimum absolute atomic E-state index is 0.516. The molecule has 0 bridgehead atoms. The number of hydrogen-bond acceptors (Lipinski definition) is 2. The van der Waals surface area contributed by atoms with Gasteiger partial charge in [0.05, 0.1) is 5.57 Å². The first-order chi connectivity index (χ1) is 6.24. The summed E-state index contributed by atoms with van der Waals surface area (Å²) in [4.78, 5) is 12.8. The second-order valence-electron chi connectivity index (χ2n) is 3.41. The minimum atomic E-state index is -0.784. The van der Waals surface area contributed by atoms with E-state index in [9.17, 15) is 4.79 Å². The normalized spacial score (nSPS) is 18.8. The topological polar surface area (TPSA) is 40.5 Å². The van der Waals surface area contributed by atoms with Gasteiger partial charge in [0.25, 0.3) is 0 Å². The van der Waals surface area contributed by atoms with Crippen molar-refractivity contribution in [3.63, 3.8) is 0 Å². The number of rotatable bonds is 3. The Morgan fingerprint density at radius 2 is 2.00 bits per heavy atom. The minimum Gasteiger partial charge on any atom is -0.478 e. The highest BCUT2D eigenvalue weighted by Gasteiger charge is 2.10. The maximum Gasteiger partial charge on any atom is 0.333 e. The van der Waals surface area contributed by atoms with Gasteiger partial charge in [-0.25, -0.2) is 4.79 Å². The summed E-state index contributed by atoms with van der Waals surface area (Å²) in [7, 11) is 0. The van der Waals surface area contributed by atoms with Crippen LogP contribution in [0.5, 0.6) is 0 Å². The average Bonchev–Trinajstić information content (AvgIpc) is 2.15. The molecular weight excluding hydrogens is 166 g/mol. The van der Waals surface area contributed by atoms with Gasteiger partial charge in [-0.15, -0.1) is 0 Å². The molecule has 0 saturated carbocycles. The number of aliphatic carboxylic acids is 1. The molecule has 13 heavy (non-hydrogen) atoms. The number of hydrogen-bond donors (Lipinski definition) is 1. The number of nitrogens with zero attached hydrogens (tertiary/aromatic N) is 1. The molecule has 0 amide bonds. The molecule has 0 aromatic rings. The third kappa shape index (κ3) is 3.09. The first-order valence-corrected chi connectivity index (χ1v) is 4.92. The number of likely N-dealkylation sites (tertiary alicyclic amines) is 1. The van der Waals surface area contributed by atoms with Crippen molar-refractivity contribution in [3.8, 4) is 0 Å². The quantitative estimate of drug-likeness (QED) is 0.679. The van der Waals surface area contributed by atoms with Crippen molar-refractivity contribution in [1.29, 1.82) is 0 Å². The lowest BCUT2D eigenvalue weighted by molar-refractivity contribution is -0.132. The van der Waals surface area contributed by atoms with Gasteiger partial charge in [0, 0.05) is 19.3 Å². The van der Waals surface area contributed by atoms with Gasteiger partial charge in [-0.1, -0.05) is 6.92 Å². The molecule has 1 heterocycles. The van der Waals surface area contributed by atoms with Crippen molar-refractivity contribution in [3.05, 3.63) is 11.8 Å². The van der Waals surface area contributed by atoms with Gasteiger partial charge < -0.3 is 10.0 Å². The van der Waals surface area contributed by atoms with E-state index in [4.69, 9.17) is 5.11 Å². The highest BCUT2D eigenvalue weighted by Crippen LogP contribution is 2.11. The van der Waals surface area contributed by atoms with Crippen LogP contribution < -0.4 is 0 Å². The van der Waals surface area contributed by atoms with Crippen LogP contribution in [-0.2, 0) is 4.79 Å². The highest BCUT2D eigenvalue weighted by atomic mass is 16.4. The van der Waals surface area contributed by atoms with Gasteiger partial charge in [-0.2, -0.15) is 0 Å². The Balaban J connectivity index is 2.54. The third-order valence-corrected chi connectivity index (χ3v) is 2.38. The molecule has 1 N–H and O–H groups in total. The summed E-state index contributed by atoms with van der Waals surface area (Å²) in [5.41, 5.74) is 0.516.